The van der Waals surface area contributed by atoms with E-state index in [1.807, 2.05) is 24.4 Å². The highest BCUT2D eigenvalue weighted by atomic mass is 32.1. The molecule has 1 rings (SSSR count). The maximum Gasteiger partial charge on any atom is 0.243 e. The molecule has 2 nitrogen and oxygen atoms in total. The van der Waals surface area contributed by atoms with Crippen LogP contribution in [-0.4, -0.2) is 13.0 Å². The Bertz CT molecular complexity index is 301. The van der Waals surface area contributed by atoms with E-state index in [9.17, 15) is 4.79 Å². The first-order valence-electron chi connectivity index (χ1n) is 3.68. The number of carbonyl (C=O) groups excluding carboxylic acids is 1. The van der Waals surface area contributed by atoms with Gasteiger partial charge in [-0.15, -0.1) is 11.3 Å². The summed E-state index contributed by atoms with van der Waals surface area (Å²) >= 11 is 1.64. The van der Waals surface area contributed by atoms with Gasteiger partial charge >= 0.3 is 0 Å². The van der Waals surface area contributed by atoms with E-state index in [1.165, 1.54) is 5.56 Å². The van der Waals surface area contributed by atoms with Gasteiger partial charge < -0.3 is 5.32 Å². The van der Waals surface area contributed by atoms with Crippen molar-refractivity contribution < 1.29 is 4.79 Å². The van der Waals surface area contributed by atoms with E-state index in [0.717, 1.165) is 4.88 Å². The maximum absolute atomic E-state index is 10.8. The molecule has 0 saturated carbocycles. The third kappa shape index (κ3) is 2.20. The van der Waals surface area contributed by atoms with Crippen LogP contribution >= 0.6 is 11.3 Å². The molecule has 0 aliphatic heterocycles. The summed E-state index contributed by atoms with van der Waals surface area (Å²) in [6, 6.07) is 2.04. The number of carbonyl (C=O) groups is 1. The van der Waals surface area contributed by atoms with Crippen molar-refractivity contribution in [3.05, 3.63) is 28.0 Å². The summed E-state index contributed by atoms with van der Waals surface area (Å²) in [5.41, 5.74) is 1.21. The minimum Gasteiger partial charge on any atom is -0.356 e. The number of aryl methyl sites for hydroxylation is 1. The van der Waals surface area contributed by atoms with Crippen LogP contribution in [0.3, 0.4) is 0 Å². The van der Waals surface area contributed by atoms with E-state index in [4.69, 9.17) is 0 Å². The van der Waals surface area contributed by atoms with Crippen molar-refractivity contribution >= 4 is 23.3 Å². The number of nitrogens with one attached hydrogen (secondary N) is 1. The fourth-order valence-electron chi connectivity index (χ4n) is 0.790. The lowest BCUT2D eigenvalue weighted by Gasteiger charge is -1.90. The standard InChI is InChI=1S/C9H11NOS/c1-7-5-6-12-8(7)3-4-9(11)10-2/h3-6H,1-2H3,(H,10,11). The fraction of sp³-hybridized carbons (Fsp3) is 0.222. The molecule has 0 aliphatic rings. The molecular weight excluding hydrogens is 170 g/mol. The van der Waals surface area contributed by atoms with Gasteiger partial charge in [0, 0.05) is 18.0 Å². The third-order valence-electron chi connectivity index (χ3n) is 1.53. The van der Waals surface area contributed by atoms with Crippen molar-refractivity contribution in [2.75, 3.05) is 7.05 Å². The molecule has 1 aromatic heterocycles. The molecule has 3 heteroatoms. The van der Waals surface area contributed by atoms with Gasteiger partial charge in [0.25, 0.3) is 0 Å². The van der Waals surface area contributed by atoms with Gasteiger partial charge in [0.2, 0.25) is 5.91 Å². The number of hydrogen-bond acceptors (Lipinski definition) is 2. The second-order valence-corrected chi connectivity index (χ2v) is 3.36. The van der Waals surface area contributed by atoms with Crippen molar-refractivity contribution in [1.82, 2.24) is 5.32 Å². The van der Waals surface area contributed by atoms with E-state index >= 15 is 0 Å². The second kappa shape index (κ2) is 4.07. The summed E-state index contributed by atoms with van der Waals surface area (Å²) in [5.74, 6) is -0.0669. The molecule has 0 fully saturated rings. The Kier molecular flexibility index (Phi) is 3.05. The fourth-order valence-corrected chi connectivity index (χ4v) is 1.61. The molecule has 1 aromatic rings. The lowest BCUT2D eigenvalue weighted by molar-refractivity contribution is -0.115. The van der Waals surface area contributed by atoms with E-state index in [-0.39, 0.29) is 5.91 Å². The molecular formula is C9H11NOS. The van der Waals surface area contributed by atoms with Crippen LogP contribution < -0.4 is 5.32 Å². The van der Waals surface area contributed by atoms with Crippen molar-refractivity contribution in [1.29, 1.82) is 0 Å². The van der Waals surface area contributed by atoms with Crippen LogP contribution in [0.15, 0.2) is 17.5 Å². The predicted molar refractivity (Wildman–Crippen MR) is 52.2 cm³/mol. The zero-order chi connectivity index (χ0) is 8.97. The van der Waals surface area contributed by atoms with Crippen LogP contribution in [0, 0.1) is 6.92 Å². The molecule has 1 heterocycles. The average Bonchev–Trinajstić information content (AvgIpc) is 2.47. The van der Waals surface area contributed by atoms with Gasteiger partial charge in [-0.1, -0.05) is 0 Å². The van der Waals surface area contributed by atoms with E-state index < -0.39 is 0 Å². The Balaban J connectivity index is 2.69. The van der Waals surface area contributed by atoms with Gasteiger partial charge in [-0.05, 0) is 30.0 Å². The third-order valence-corrected chi connectivity index (χ3v) is 2.52. The molecule has 64 valence electrons. The summed E-state index contributed by atoms with van der Waals surface area (Å²) in [5, 5.41) is 4.54. The molecule has 0 aliphatic carbocycles. The highest BCUT2D eigenvalue weighted by Crippen LogP contribution is 2.16. The highest BCUT2D eigenvalue weighted by molar-refractivity contribution is 7.11. The summed E-state index contributed by atoms with van der Waals surface area (Å²) in [6.45, 7) is 2.03. The number of thiophene rings is 1. The van der Waals surface area contributed by atoms with E-state index in [2.05, 4.69) is 5.32 Å². The van der Waals surface area contributed by atoms with Crippen LogP contribution in [0.5, 0.6) is 0 Å². The first kappa shape index (κ1) is 9.00. The minimum absolute atomic E-state index is 0.0669. The molecule has 12 heavy (non-hydrogen) atoms. The molecule has 0 bridgehead atoms. The molecule has 0 unspecified atom stereocenters. The second-order valence-electron chi connectivity index (χ2n) is 2.42. The van der Waals surface area contributed by atoms with Crippen LogP contribution in [0.1, 0.15) is 10.4 Å². The normalized spacial score (nSPS) is 10.5. The Morgan fingerprint density at radius 2 is 2.42 bits per heavy atom. The smallest absolute Gasteiger partial charge is 0.243 e. The Hall–Kier alpha value is -1.09. The highest BCUT2D eigenvalue weighted by Gasteiger charge is 1.94. The topological polar surface area (TPSA) is 29.1 Å². The summed E-state index contributed by atoms with van der Waals surface area (Å²) in [7, 11) is 1.62. The lowest BCUT2D eigenvalue weighted by atomic mass is 10.3. The molecule has 0 spiro atoms. The quantitative estimate of drug-likeness (QED) is 0.693. The van der Waals surface area contributed by atoms with Gasteiger partial charge in [-0.25, -0.2) is 0 Å². The van der Waals surface area contributed by atoms with Crippen molar-refractivity contribution in [2.45, 2.75) is 6.92 Å². The molecule has 0 atom stereocenters. The van der Waals surface area contributed by atoms with Crippen LogP contribution in [0.2, 0.25) is 0 Å². The monoisotopic (exact) mass is 181 g/mol. The summed E-state index contributed by atoms with van der Waals surface area (Å²) in [4.78, 5) is 12.0. The van der Waals surface area contributed by atoms with Crippen molar-refractivity contribution in [3.8, 4) is 0 Å². The Labute approximate surface area is 75.9 Å². The van der Waals surface area contributed by atoms with Gasteiger partial charge in [-0.3, -0.25) is 4.79 Å². The average molecular weight is 181 g/mol. The van der Waals surface area contributed by atoms with E-state index in [1.54, 1.807) is 24.5 Å². The van der Waals surface area contributed by atoms with Gasteiger partial charge in [0.05, 0.1) is 0 Å². The predicted octanol–water partition coefficient (Wildman–Crippen LogP) is 1.82. The van der Waals surface area contributed by atoms with Crippen molar-refractivity contribution in [3.63, 3.8) is 0 Å². The molecule has 0 aromatic carbocycles. The first-order valence-corrected chi connectivity index (χ1v) is 4.56. The minimum atomic E-state index is -0.0669. The van der Waals surface area contributed by atoms with Crippen LogP contribution in [-0.2, 0) is 4.79 Å². The molecule has 0 radical (unpaired) electrons. The molecule has 1 amide bonds. The number of amides is 1. The number of hydrogen-bond donors (Lipinski definition) is 1. The van der Waals surface area contributed by atoms with Crippen LogP contribution in [0.4, 0.5) is 0 Å². The summed E-state index contributed by atoms with van der Waals surface area (Å²) < 4.78 is 0. The van der Waals surface area contributed by atoms with E-state index in [0.29, 0.717) is 0 Å². The van der Waals surface area contributed by atoms with Gasteiger partial charge in [-0.2, -0.15) is 0 Å². The SMILES string of the molecule is CNC(=O)C=Cc1sccc1C. The summed E-state index contributed by atoms with van der Waals surface area (Å²) in [6.07, 6.45) is 3.37. The zero-order valence-corrected chi connectivity index (χ0v) is 7.94. The Morgan fingerprint density at radius 3 is 2.92 bits per heavy atom. The first-order chi connectivity index (χ1) is 5.74. The molecule has 0 saturated heterocycles. The Morgan fingerprint density at radius 1 is 1.67 bits per heavy atom. The number of likely N-dealkylation sites (N-methyl/N-ethyl adjacent to an activating group) is 1. The van der Waals surface area contributed by atoms with Gasteiger partial charge in [0.15, 0.2) is 0 Å². The largest absolute Gasteiger partial charge is 0.356 e. The van der Waals surface area contributed by atoms with Crippen LogP contribution in [0.25, 0.3) is 6.08 Å². The number of rotatable bonds is 2. The zero-order valence-electron chi connectivity index (χ0n) is 7.13. The van der Waals surface area contributed by atoms with Gasteiger partial charge in [0.1, 0.15) is 0 Å². The molecule has 1 N–H and O–H groups in total. The van der Waals surface area contributed by atoms with Crippen molar-refractivity contribution in [2.24, 2.45) is 0 Å². The lowest BCUT2D eigenvalue weighted by Crippen LogP contribution is -2.13. The maximum atomic E-state index is 10.8.